The molecule has 0 bridgehead atoms. The van der Waals surface area contributed by atoms with Crippen molar-refractivity contribution in [1.29, 1.82) is 0 Å². The second kappa shape index (κ2) is 7.60. The first-order chi connectivity index (χ1) is 10.1. The molecule has 1 aromatic rings. The molecule has 0 aliphatic carbocycles. The van der Waals surface area contributed by atoms with E-state index in [-0.39, 0.29) is 5.91 Å². The molecule has 1 amide bonds. The van der Waals surface area contributed by atoms with E-state index in [9.17, 15) is 4.79 Å². The van der Waals surface area contributed by atoms with Gasteiger partial charge in [-0.2, -0.15) is 0 Å². The van der Waals surface area contributed by atoms with Gasteiger partial charge in [-0.1, -0.05) is 39.0 Å². The smallest absolute Gasteiger partial charge is 0.238 e. The van der Waals surface area contributed by atoms with Crippen LogP contribution in [0.4, 0.5) is 5.69 Å². The maximum atomic E-state index is 12.4. The maximum Gasteiger partial charge on any atom is 0.238 e. The molecule has 1 aromatic carbocycles. The number of para-hydroxylation sites is 1. The van der Waals surface area contributed by atoms with Gasteiger partial charge in [0.05, 0.1) is 6.54 Å². The number of hydrogen-bond acceptors (Lipinski definition) is 2. The van der Waals surface area contributed by atoms with Crippen LogP contribution < -0.4 is 5.32 Å². The number of likely N-dealkylation sites (tertiary alicyclic amines) is 1. The molecule has 1 atom stereocenters. The third-order valence-corrected chi connectivity index (χ3v) is 4.37. The van der Waals surface area contributed by atoms with E-state index in [0.29, 0.717) is 12.5 Å². The zero-order chi connectivity index (χ0) is 15.2. The van der Waals surface area contributed by atoms with E-state index in [1.54, 1.807) is 0 Å². The first-order valence-electron chi connectivity index (χ1n) is 8.27. The molecule has 1 aliphatic heterocycles. The Bertz CT molecular complexity index is 462. The first kappa shape index (κ1) is 16.0. The first-order valence-corrected chi connectivity index (χ1v) is 8.27. The molecule has 0 spiro atoms. The number of aryl methyl sites for hydroxylation is 2. The lowest BCUT2D eigenvalue weighted by Gasteiger charge is -2.30. The Hall–Kier alpha value is -1.35. The lowest BCUT2D eigenvalue weighted by Crippen LogP contribution is -2.39. The largest absolute Gasteiger partial charge is 0.324 e. The van der Waals surface area contributed by atoms with E-state index in [0.717, 1.165) is 31.6 Å². The molecule has 0 aromatic heterocycles. The number of carbonyl (C=O) groups is 1. The van der Waals surface area contributed by atoms with Crippen molar-refractivity contribution in [2.75, 3.05) is 25.0 Å². The van der Waals surface area contributed by atoms with Crippen LogP contribution in [0.15, 0.2) is 18.2 Å². The van der Waals surface area contributed by atoms with Crippen molar-refractivity contribution in [3.05, 3.63) is 29.3 Å². The standard InChI is InChI=1S/C18H28N2O/c1-4-15-9-6-10-16(5-2)18(15)19-17(21)13-20-11-7-8-14(3)12-20/h6,9-10,14H,4-5,7-8,11-13H2,1-3H3,(H,19,21). The van der Waals surface area contributed by atoms with Gasteiger partial charge in [0.2, 0.25) is 5.91 Å². The molecule has 3 nitrogen and oxygen atoms in total. The van der Waals surface area contributed by atoms with Gasteiger partial charge in [-0.05, 0) is 49.3 Å². The Labute approximate surface area is 128 Å². The van der Waals surface area contributed by atoms with Crippen LogP contribution in [0, 0.1) is 5.92 Å². The minimum atomic E-state index is 0.125. The number of rotatable bonds is 5. The summed E-state index contributed by atoms with van der Waals surface area (Å²) < 4.78 is 0. The number of nitrogens with one attached hydrogen (secondary N) is 1. The molecule has 1 saturated heterocycles. The van der Waals surface area contributed by atoms with Crippen LogP contribution in [-0.4, -0.2) is 30.4 Å². The van der Waals surface area contributed by atoms with Gasteiger partial charge in [0, 0.05) is 12.2 Å². The molecule has 0 saturated carbocycles. The van der Waals surface area contributed by atoms with Gasteiger partial charge in [0.25, 0.3) is 0 Å². The van der Waals surface area contributed by atoms with Crippen molar-refractivity contribution in [3.8, 4) is 0 Å². The highest BCUT2D eigenvalue weighted by molar-refractivity contribution is 5.93. The van der Waals surface area contributed by atoms with Crippen LogP contribution in [0.3, 0.4) is 0 Å². The molecular formula is C18H28N2O. The number of nitrogens with zero attached hydrogens (tertiary/aromatic N) is 1. The van der Waals surface area contributed by atoms with Crippen molar-refractivity contribution in [2.45, 2.75) is 46.5 Å². The lowest BCUT2D eigenvalue weighted by atomic mass is 10.0. The second-order valence-corrected chi connectivity index (χ2v) is 6.19. The normalized spacial score (nSPS) is 19.5. The van der Waals surface area contributed by atoms with Crippen molar-refractivity contribution in [2.24, 2.45) is 5.92 Å². The van der Waals surface area contributed by atoms with Gasteiger partial charge in [0.1, 0.15) is 0 Å². The van der Waals surface area contributed by atoms with Gasteiger partial charge in [-0.15, -0.1) is 0 Å². The number of anilines is 1. The zero-order valence-corrected chi connectivity index (χ0v) is 13.6. The topological polar surface area (TPSA) is 32.3 Å². The molecule has 21 heavy (non-hydrogen) atoms. The average molecular weight is 288 g/mol. The quantitative estimate of drug-likeness (QED) is 0.899. The number of hydrogen-bond donors (Lipinski definition) is 1. The molecule has 1 unspecified atom stereocenters. The van der Waals surface area contributed by atoms with E-state index in [1.165, 1.54) is 24.0 Å². The third-order valence-electron chi connectivity index (χ3n) is 4.37. The predicted molar refractivity (Wildman–Crippen MR) is 88.7 cm³/mol. The molecule has 2 rings (SSSR count). The molecule has 1 N–H and O–H groups in total. The fourth-order valence-corrected chi connectivity index (χ4v) is 3.22. The number of carbonyl (C=O) groups excluding carboxylic acids is 1. The summed E-state index contributed by atoms with van der Waals surface area (Å²) in [7, 11) is 0. The summed E-state index contributed by atoms with van der Waals surface area (Å²) in [5, 5.41) is 3.16. The Morgan fingerprint density at radius 2 is 1.95 bits per heavy atom. The summed E-state index contributed by atoms with van der Waals surface area (Å²) in [5.41, 5.74) is 3.50. The van der Waals surface area contributed by atoms with Crippen LogP contribution >= 0.6 is 0 Å². The van der Waals surface area contributed by atoms with Crippen molar-refractivity contribution >= 4 is 11.6 Å². The number of benzene rings is 1. The zero-order valence-electron chi connectivity index (χ0n) is 13.6. The molecule has 0 radical (unpaired) electrons. The van der Waals surface area contributed by atoms with E-state index >= 15 is 0 Å². The van der Waals surface area contributed by atoms with Crippen molar-refractivity contribution in [3.63, 3.8) is 0 Å². The third kappa shape index (κ3) is 4.31. The lowest BCUT2D eigenvalue weighted by molar-refractivity contribution is -0.117. The summed E-state index contributed by atoms with van der Waals surface area (Å²) in [4.78, 5) is 14.7. The van der Waals surface area contributed by atoms with Crippen LogP contribution in [0.1, 0.15) is 44.7 Å². The molecular weight excluding hydrogens is 260 g/mol. The van der Waals surface area contributed by atoms with Gasteiger partial charge in [-0.3, -0.25) is 9.69 Å². The van der Waals surface area contributed by atoms with Gasteiger partial charge < -0.3 is 5.32 Å². The Balaban J connectivity index is 2.02. The Morgan fingerprint density at radius 3 is 2.52 bits per heavy atom. The van der Waals surface area contributed by atoms with Gasteiger partial charge in [-0.25, -0.2) is 0 Å². The molecule has 116 valence electrons. The molecule has 1 heterocycles. The fourth-order valence-electron chi connectivity index (χ4n) is 3.22. The average Bonchev–Trinajstić information content (AvgIpc) is 2.47. The van der Waals surface area contributed by atoms with Crippen LogP contribution in [0.5, 0.6) is 0 Å². The predicted octanol–water partition coefficient (Wildman–Crippen LogP) is 3.48. The van der Waals surface area contributed by atoms with Crippen LogP contribution in [-0.2, 0) is 17.6 Å². The minimum Gasteiger partial charge on any atom is -0.324 e. The molecule has 1 fully saturated rings. The Kier molecular flexibility index (Phi) is 5.80. The minimum absolute atomic E-state index is 0.125. The second-order valence-electron chi connectivity index (χ2n) is 6.19. The molecule has 3 heteroatoms. The van der Waals surface area contributed by atoms with E-state index < -0.39 is 0 Å². The SMILES string of the molecule is CCc1cccc(CC)c1NC(=O)CN1CCCC(C)C1. The highest BCUT2D eigenvalue weighted by Gasteiger charge is 2.19. The maximum absolute atomic E-state index is 12.4. The summed E-state index contributed by atoms with van der Waals surface area (Å²) in [5.74, 6) is 0.834. The van der Waals surface area contributed by atoms with Gasteiger partial charge in [0.15, 0.2) is 0 Å². The summed E-state index contributed by atoms with van der Waals surface area (Å²) in [6.07, 6.45) is 4.39. The highest BCUT2D eigenvalue weighted by atomic mass is 16.2. The monoisotopic (exact) mass is 288 g/mol. The van der Waals surface area contributed by atoms with Crippen LogP contribution in [0.2, 0.25) is 0 Å². The van der Waals surface area contributed by atoms with E-state index in [1.807, 2.05) is 0 Å². The summed E-state index contributed by atoms with van der Waals surface area (Å²) >= 11 is 0. The van der Waals surface area contributed by atoms with Crippen molar-refractivity contribution < 1.29 is 4.79 Å². The van der Waals surface area contributed by atoms with Gasteiger partial charge >= 0.3 is 0 Å². The summed E-state index contributed by atoms with van der Waals surface area (Å²) in [6, 6.07) is 6.30. The van der Waals surface area contributed by atoms with E-state index in [4.69, 9.17) is 0 Å². The molecule has 1 aliphatic rings. The number of piperidine rings is 1. The number of amides is 1. The summed E-state index contributed by atoms with van der Waals surface area (Å²) in [6.45, 7) is 9.15. The Morgan fingerprint density at radius 1 is 1.29 bits per heavy atom. The van der Waals surface area contributed by atoms with E-state index in [2.05, 4.69) is 49.2 Å². The van der Waals surface area contributed by atoms with Crippen molar-refractivity contribution in [1.82, 2.24) is 4.90 Å². The van der Waals surface area contributed by atoms with Crippen LogP contribution in [0.25, 0.3) is 0 Å². The highest BCUT2D eigenvalue weighted by Crippen LogP contribution is 2.23. The fraction of sp³-hybridized carbons (Fsp3) is 0.611.